The van der Waals surface area contributed by atoms with Crippen LogP contribution in [0.15, 0.2) is 71.6 Å². The fraction of sp³-hybridized carbons (Fsp3) is 0.375. The van der Waals surface area contributed by atoms with Crippen LogP contribution in [0.3, 0.4) is 0 Å². The fourth-order valence-electron chi connectivity index (χ4n) is 4.59. The number of nitrogens with zero attached hydrogens (tertiary/aromatic N) is 2. The Hall–Kier alpha value is -3.72. The van der Waals surface area contributed by atoms with Crippen molar-refractivity contribution in [3.05, 3.63) is 94.8 Å². The fourth-order valence-corrected chi connectivity index (χ4v) is 5.99. The molecule has 1 N–H and O–H groups in total. The molecule has 3 aromatic rings. The molecule has 0 radical (unpaired) electrons. The van der Waals surface area contributed by atoms with Crippen molar-refractivity contribution in [2.75, 3.05) is 17.4 Å². The minimum atomic E-state index is -4.15. The average molecular weight is 582 g/mol. The van der Waals surface area contributed by atoms with E-state index in [2.05, 4.69) is 5.32 Å². The molecule has 41 heavy (non-hydrogen) atoms. The van der Waals surface area contributed by atoms with Gasteiger partial charge in [-0.25, -0.2) is 12.8 Å². The number of anilines is 1. The summed E-state index contributed by atoms with van der Waals surface area (Å²) in [6.45, 7) is 11.3. The first-order valence-electron chi connectivity index (χ1n) is 13.8. The van der Waals surface area contributed by atoms with Gasteiger partial charge in [0.25, 0.3) is 10.0 Å². The molecule has 0 aliphatic carbocycles. The van der Waals surface area contributed by atoms with E-state index in [9.17, 15) is 22.4 Å². The minimum absolute atomic E-state index is 0.0119. The van der Waals surface area contributed by atoms with Crippen molar-refractivity contribution in [3.63, 3.8) is 0 Å². The van der Waals surface area contributed by atoms with E-state index in [-0.39, 0.29) is 23.3 Å². The molecule has 0 bridgehead atoms. The Balaban J connectivity index is 2.07. The maximum Gasteiger partial charge on any atom is 0.264 e. The highest BCUT2D eigenvalue weighted by atomic mass is 32.2. The average Bonchev–Trinajstić information content (AvgIpc) is 2.91. The smallest absolute Gasteiger partial charge is 0.264 e. The van der Waals surface area contributed by atoms with Gasteiger partial charge in [0.1, 0.15) is 18.4 Å². The Morgan fingerprint density at radius 2 is 1.46 bits per heavy atom. The van der Waals surface area contributed by atoms with Gasteiger partial charge in [-0.1, -0.05) is 56.7 Å². The summed E-state index contributed by atoms with van der Waals surface area (Å²) < 4.78 is 42.8. The third-order valence-corrected chi connectivity index (χ3v) is 8.51. The van der Waals surface area contributed by atoms with Crippen LogP contribution in [0.2, 0.25) is 0 Å². The normalized spacial score (nSPS) is 12.2. The van der Waals surface area contributed by atoms with E-state index in [4.69, 9.17) is 0 Å². The number of carbonyl (C=O) groups excluding carboxylic acids is 2. The standard InChI is InChI=1S/C32H40FN3O4S/c1-7-30(32(38)34-19-22(2)3)35(20-26-10-12-27(33)13-11-26)31(37)21-36(28-17-24(5)16-25(6)18-28)41(39,40)29-14-8-23(4)9-15-29/h8-18,22,30H,7,19-21H2,1-6H3,(H,34,38). The Morgan fingerprint density at radius 3 is 2.00 bits per heavy atom. The van der Waals surface area contributed by atoms with Crippen molar-refractivity contribution in [1.82, 2.24) is 10.2 Å². The molecule has 2 amide bonds. The van der Waals surface area contributed by atoms with Gasteiger partial charge in [0, 0.05) is 13.1 Å². The summed E-state index contributed by atoms with van der Waals surface area (Å²) in [4.78, 5) is 28.8. The quantitative estimate of drug-likeness (QED) is 0.305. The molecule has 0 saturated heterocycles. The van der Waals surface area contributed by atoms with Crippen molar-refractivity contribution in [1.29, 1.82) is 0 Å². The highest BCUT2D eigenvalue weighted by Crippen LogP contribution is 2.27. The minimum Gasteiger partial charge on any atom is -0.354 e. The SMILES string of the molecule is CCC(C(=O)NCC(C)C)N(Cc1ccc(F)cc1)C(=O)CN(c1cc(C)cc(C)c1)S(=O)(=O)c1ccc(C)cc1. The van der Waals surface area contributed by atoms with Gasteiger partial charge >= 0.3 is 0 Å². The number of sulfonamides is 1. The lowest BCUT2D eigenvalue weighted by molar-refractivity contribution is -0.140. The van der Waals surface area contributed by atoms with E-state index < -0.39 is 34.3 Å². The molecule has 0 fully saturated rings. The van der Waals surface area contributed by atoms with E-state index in [1.165, 1.54) is 29.2 Å². The summed E-state index contributed by atoms with van der Waals surface area (Å²) in [5, 5.41) is 2.90. The molecule has 0 aliphatic heterocycles. The molecule has 3 aromatic carbocycles. The molecule has 0 aliphatic rings. The van der Waals surface area contributed by atoms with Crippen LogP contribution in [0.25, 0.3) is 0 Å². The second-order valence-electron chi connectivity index (χ2n) is 10.9. The summed E-state index contributed by atoms with van der Waals surface area (Å²) in [5.74, 6) is -1.08. The summed E-state index contributed by atoms with van der Waals surface area (Å²) in [7, 11) is -4.15. The number of carbonyl (C=O) groups is 2. The van der Waals surface area contributed by atoms with Gasteiger partial charge in [-0.05, 0) is 86.2 Å². The molecule has 0 spiro atoms. The van der Waals surface area contributed by atoms with E-state index in [1.807, 2.05) is 40.7 Å². The summed E-state index contributed by atoms with van der Waals surface area (Å²) in [6.07, 6.45) is 0.311. The first kappa shape index (κ1) is 31.8. The Morgan fingerprint density at radius 1 is 0.878 bits per heavy atom. The van der Waals surface area contributed by atoms with Crippen molar-refractivity contribution in [3.8, 4) is 0 Å². The predicted octanol–water partition coefficient (Wildman–Crippen LogP) is 5.53. The number of aryl methyl sites for hydroxylation is 3. The van der Waals surface area contributed by atoms with Crippen molar-refractivity contribution in [2.45, 2.75) is 65.4 Å². The lowest BCUT2D eigenvalue weighted by Crippen LogP contribution is -2.52. The van der Waals surface area contributed by atoms with Crippen molar-refractivity contribution >= 4 is 27.5 Å². The predicted molar refractivity (Wildman–Crippen MR) is 161 cm³/mol. The number of hydrogen-bond donors (Lipinski definition) is 1. The zero-order valence-electron chi connectivity index (χ0n) is 24.6. The lowest BCUT2D eigenvalue weighted by atomic mass is 10.1. The van der Waals surface area contributed by atoms with Gasteiger partial charge in [-0.15, -0.1) is 0 Å². The zero-order chi connectivity index (χ0) is 30.3. The third-order valence-electron chi connectivity index (χ3n) is 6.72. The topological polar surface area (TPSA) is 86.8 Å². The molecular formula is C32H40FN3O4S. The first-order valence-corrected chi connectivity index (χ1v) is 15.2. The Labute approximate surface area is 243 Å². The van der Waals surface area contributed by atoms with Gasteiger partial charge in [0.05, 0.1) is 10.6 Å². The van der Waals surface area contributed by atoms with Crippen molar-refractivity contribution in [2.24, 2.45) is 5.92 Å². The maximum absolute atomic E-state index is 14.1. The molecule has 9 heteroatoms. The van der Waals surface area contributed by atoms with Gasteiger partial charge < -0.3 is 10.2 Å². The van der Waals surface area contributed by atoms with Crippen molar-refractivity contribution < 1.29 is 22.4 Å². The molecule has 0 aromatic heterocycles. The molecule has 1 atom stereocenters. The summed E-state index contributed by atoms with van der Waals surface area (Å²) >= 11 is 0. The van der Waals surface area contributed by atoms with Crippen LogP contribution >= 0.6 is 0 Å². The Bertz CT molecular complexity index is 1440. The molecule has 1 unspecified atom stereocenters. The van der Waals surface area contributed by atoms with Crippen LogP contribution in [0.1, 0.15) is 49.4 Å². The molecule has 7 nitrogen and oxygen atoms in total. The highest BCUT2D eigenvalue weighted by molar-refractivity contribution is 7.92. The van der Waals surface area contributed by atoms with Crippen LogP contribution in [0.4, 0.5) is 10.1 Å². The van der Waals surface area contributed by atoms with Crippen LogP contribution in [0, 0.1) is 32.5 Å². The van der Waals surface area contributed by atoms with Crippen LogP contribution < -0.4 is 9.62 Å². The largest absolute Gasteiger partial charge is 0.354 e. The number of nitrogens with one attached hydrogen (secondary N) is 1. The number of amides is 2. The second kappa shape index (κ2) is 13.8. The summed E-state index contributed by atoms with van der Waals surface area (Å²) in [5.41, 5.74) is 3.57. The van der Waals surface area contributed by atoms with E-state index >= 15 is 0 Å². The van der Waals surface area contributed by atoms with Gasteiger partial charge in [-0.2, -0.15) is 0 Å². The van der Waals surface area contributed by atoms with Gasteiger partial charge in [0.2, 0.25) is 11.8 Å². The van der Waals surface area contributed by atoms with Gasteiger partial charge in [-0.3, -0.25) is 13.9 Å². The summed E-state index contributed by atoms with van der Waals surface area (Å²) in [6, 6.07) is 16.7. The number of hydrogen-bond acceptors (Lipinski definition) is 4. The Kier molecular flexibility index (Phi) is 10.7. The number of benzene rings is 3. The first-order chi connectivity index (χ1) is 19.3. The second-order valence-corrected chi connectivity index (χ2v) is 12.7. The maximum atomic E-state index is 14.1. The molecule has 0 heterocycles. The number of halogens is 1. The van der Waals surface area contributed by atoms with Crippen LogP contribution in [-0.2, 0) is 26.2 Å². The molecular weight excluding hydrogens is 541 g/mol. The number of rotatable bonds is 12. The van der Waals surface area contributed by atoms with Gasteiger partial charge in [0.15, 0.2) is 0 Å². The van der Waals surface area contributed by atoms with E-state index in [1.54, 1.807) is 43.3 Å². The monoisotopic (exact) mass is 581 g/mol. The lowest BCUT2D eigenvalue weighted by Gasteiger charge is -2.33. The van der Waals surface area contributed by atoms with E-state index in [0.717, 1.165) is 21.0 Å². The molecule has 3 rings (SSSR count). The van der Waals surface area contributed by atoms with Crippen LogP contribution in [0.5, 0.6) is 0 Å². The van der Waals surface area contributed by atoms with Crippen LogP contribution in [-0.4, -0.2) is 44.3 Å². The molecule has 0 saturated carbocycles. The third kappa shape index (κ3) is 8.39. The zero-order valence-corrected chi connectivity index (χ0v) is 25.5. The molecule has 220 valence electrons. The highest BCUT2D eigenvalue weighted by Gasteiger charge is 2.33. The van der Waals surface area contributed by atoms with E-state index in [0.29, 0.717) is 24.2 Å².